The number of esters is 1. The number of benzene rings is 3. The van der Waals surface area contributed by atoms with E-state index in [4.69, 9.17) is 9.47 Å². The fraction of sp³-hybridized carbons (Fsp3) is 0.0476. The van der Waals surface area contributed by atoms with Crippen LogP contribution in [0.1, 0.15) is 11.1 Å². The molecule has 1 heterocycles. The Morgan fingerprint density at radius 3 is 2.52 bits per heavy atom. The van der Waals surface area contributed by atoms with Gasteiger partial charge >= 0.3 is 5.97 Å². The minimum Gasteiger partial charge on any atom is -0.497 e. The lowest BCUT2D eigenvalue weighted by molar-refractivity contribution is -0.129. The normalized spacial score (nSPS) is 15.3. The molecule has 0 saturated heterocycles. The Kier molecular flexibility index (Phi) is 3.78. The van der Waals surface area contributed by atoms with Crippen molar-refractivity contribution in [1.29, 1.82) is 0 Å². The van der Waals surface area contributed by atoms with Crippen molar-refractivity contribution in [1.82, 2.24) is 0 Å². The Morgan fingerprint density at radius 1 is 0.960 bits per heavy atom. The quantitative estimate of drug-likeness (QED) is 0.535. The van der Waals surface area contributed by atoms with Crippen molar-refractivity contribution in [2.75, 3.05) is 7.11 Å². The summed E-state index contributed by atoms with van der Waals surface area (Å²) < 4.78 is 10.5. The van der Waals surface area contributed by atoms with Crippen molar-refractivity contribution in [2.45, 2.75) is 0 Å². The fourth-order valence-corrected chi connectivity index (χ4v) is 2.79. The van der Waals surface area contributed by atoms with Gasteiger partial charge in [0.15, 0.2) is 5.70 Å². The highest BCUT2D eigenvalue weighted by atomic mass is 16.6. The van der Waals surface area contributed by atoms with E-state index in [1.165, 1.54) is 0 Å². The summed E-state index contributed by atoms with van der Waals surface area (Å²) in [6, 6.07) is 21.2. The van der Waals surface area contributed by atoms with Crippen LogP contribution in [0, 0.1) is 0 Å². The van der Waals surface area contributed by atoms with Gasteiger partial charge in [-0.05, 0) is 46.7 Å². The maximum atomic E-state index is 12.2. The second-order valence-electron chi connectivity index (χ2n) is 5.63. The summed E-state index contributed by atoms with van der Waals surface area (Å²) in [5, 5.41) is 2.18. The van der Waals surface area contributed by atoms with E-state index >= 15 is 0 Å². The Balaban J connectivity index is 1.73. The number of methoxy groups -OCH3 is 1. The average Bonchev–Trinajstić information content (AvgIpc) is 3.03. The van der Waals surface area contributed by atoms with Crippen molar-refractivity contribution in [3.8, 4) is 5.75 Å². The summed E-state index contributed by atoms with van der Waals surface area (Å²) in [5.74, 6) is 0.595. The Labute approximate surface area is 145 Å². The fourth-order valence-electron chi connectivity index (χ4n) is 2.79. The van der Waals surface area contributed by atoms with E-state index in [1.807, 2.05) is 54.6 Å². The molecule has 122 valence electrons. The number of carbonyl (C=O) groups excluding carboxylic acids is 1. The molecule has 0 unspecified atom stereocenters. The SMILES string of the molecule is COc1ccc(C2=NC(=Cc3cccc4ccccc34)C(=O)O2)cc1. The second-order valence-corrected chi connectivity index (χ2v) is 5.63. The van der Waals surface area contributed by atoms with E-state index in [9.17, 15) is 4.79 Å². The van der Waals surface area contributed by atoms with Gasteiger partial charge in [-0.2, -0.15) is 0 Å². The summed E-state index contributed by atoms with van der Waals surface area (Å²) in [6.07, 6.45) is 1.77. The molecule has 0 spiro atoms. The molecule has 3 aromatic carbocycles. The summed E-state index contributed by atoms with van der Waals surface area (Å²) in [7, 11) is 1.60. The second kappa shape index (κ2) is 6.24. The van der Waals surface area contributed by atoms with E-state index in [0.29, 0.717) is 11.6 Å². The highest BCUT2D eigenvalue weighted by Crippen LogP contribution is 2.24. The van der Waals surface area contributed by atoms with Crippen molar-refractivity contribution in [3.05, 3.63) is 83.6 Å². The van der Waals surface area contributed by atoms with Crippen LogP contribution < -0.4 is 4.74 Å². The highest BCUT2D eigenvalue weighted by Gasteiger charge is 2.24. The molecule has 0 radical (unpaired) electrons. The van der Waals surface area contributed by atoms with Crippen LogP contribution in [0.5, 0.6) is 5.75 Å². The minimum absolute atomic E-state index is 0.294. The number of hydrogen-bond donors (Lipinski definition) is 0. The summed E-state index contributed by atoms with van der Waals surface area (Å²) in [6.45, 7) is 0. The third-order valence-corrected chi connectivity index (χ3v) is 4.07. The zero-order valence-corrected chi connectivity index (χ0v) is 13.6. The molecule has 0 amide bonds. The molecule has 0 fully saturated rings. The number of hydrogen-bond acceptors (Lipinski definition) is 4. The van der Waals surface area contributed by atoms with Crippen LogP contribution in [0.4, 0.5) is 0 Å². The standard InChI is InChI=1S/C21H15NO3/c1-24-17-11-9-15(10-12-17)20-22-19(21(23)25-20)13-16-7-4-6-14-5-2-3-8-18(14)16/h2-13H,1H3. The number of ether oxygens (including phenoxy) is 2. The van der Waals surface area contributed by atoms with Gasteiger partial charge in [0.1, 0.15) is 5.75 Å². The van der Waals surface area contributed by atoms with Crippen LogP contribution in [-0.2, 0) is 9.53 Å². The van der Waals surface area contributed by atoms with Crippen molar-refractivity contribution < 1.29 is 14.3 Å². The van der Waals surface area contributed by atoms with Gasteiger partial charge in [0, 0.05) is 5.56 Å². The first-order valence-electron chi connectivity index (χ1n) is 7.89. The van der Waals surface area contributed by atoms with Gasteiger partial charge in [-0.15, -0.1) is 0 Å². The van der Waals surface area contributed by atoms with E-state index < -0.39 is 5.97 Å². The summed E-state index contributed by atoms with van der Waals surface area (Å²) in [4.78, 5) is 16.6. The van der Waals surface area contributed by atoms with Crippen LogP contribution in [0.15, 0.2) is 77.4 Å². The molecule has 25 heavy (non-hydrogen) atoms. The van der Waals surface area contributed by atoms with Gasteiger partial charge in [0.25, 0.3) is 0 Å². The topological polar surface area (TPSA) is 47.9 Å². The molecule has 3 aromatic rings. The lowest BCUT2D eigenvalue weighted by Gasteiger charge is -2.01. The monoisotopic (exact) mass is 329 g/mol. The number of carbonyl (C=O) groups is 1. The van der Waals surface area contributed by atoms with Gasteiger partial charge in [-0.1, -0.05) is 42.5 Å². The number of rotatable bonds is 3. The molecule has 1 aliphatic rings. The molecule has 0 atom stereocenters. The number of fused-ring (bicyclic) bond motifs is 1. The number of cyclic esters (lactones) is 1. The predicted octanol–water partition coefficient (Wildman–Crippen LogP) is 4.19. The van der Waals surface area contributed by atoms with Gasteiger partial charge in [-0.25, -0.2) is 9.79 Å². The Bertz CT molecular complexity index is 1010. The molecule has 4 nitrogen and oxygen atoms in total. The Hall–Kier alpha value is -3.40. The predicted molar refractivity (Wildman–Crippen MR) is 97.5 cm³/mol. The van der Waals surface area contributed by atoms with Crippen molar-refractivity contribution in [3.63, 3.8) is 0 Å². The largest absolute Gasteiger partial charge is 0.497 e. The van der Waals surface area contributed by atoms with E-state index in [1.54, 1.807) is 25.3 Å². The lowest BCUT2D eigenvalue weighted by Crippen LogP contribution is -2.05. The molecule has 4 heteroatoms. The van der Waals surface area contributed by atoms with Gasteiger partial charge < -0.3 is 9.47 Å². The van der Waals surface area contributed by atoms with E-state index in [2.05, 4.69) is 4.99 Å². The maximum absolute atomic E-state index is 12.2. The maximum Gasteiger partial charge on any atom is 0.363 e. The molecule has 4 rings (SSSR count). The smallest absolute Gasteiger partial charge is 0.363 e. The van der Waals surface area contributed by atoms with Crippen LogP contribution in [0.25, 0.3) is 16.8 Å². The molecule has 0 bridgehead atoms. The lowest BCUT2D eigenvalue weighted by atomic mass is 10.0. The minimum atomic E-state index is -0.446. The number of nitrogens with zero attached hydrogens (tertiary/aromatic N) is 1. The van der Waals surface area contributed by atoms with Crippen LogP contribution in [0.3, 0.4) is 0 Å². The van der Waals surface area contributed by atoms with Gasteiger partial charge in [0.05, 0.1) is 7.11 Å². The zero-order chi connectivity index (χ0) is 17.2. The molecule has 1 aliphatic heterocycles. The molecular weight excluding hydrogens is 314 g/mol. The van der Waals surface area contributed by atoms with Crippen LogP contribution in [0.2, 0.25) is 0 Å². The molecule has 0 aliphatic carbocycles. The third kappa shape index (κ3) is 2.90. The summed E-state index contributed by atoms with van der Waals surface area (Å²) in [5.41, 5.74) is 1.96. The molecule has 0 aromatic heterocycles. The average molecular weight is 329 g/mol. The van der Waals surface area contributed by atoms with Crippen LogP contribution >= 0.6 is 0 Å². The Morgan fingerprint density at radius 2 is 1.72 bits per heavy atom. The summed E-state index contributed by atoms with van der Waals surface area (Å²) >= 11 is 0. The zero-order valence-electron chi connectivity index (χ0n) is 13.6. The van der Waals surface area contributed by atoms with Gasteiger partial charge in [-0.3, -0.25) is 0 Å². The first kappa shape index (κ1) is 15.1. The third-order valence-electron chi connectivity index (χ3n) is 4.07. The highest BCUT2D eigenvalue weighted by molar-refractivity contribution is 6.13. The molecule has 0 saturated carbocycles. The first-order chi connectivity index (χ1) is 12.2. The van der Waals surface area contributed by atoms with E-state index in [-0.39, 0.29) is 0 Å². The van der Waals surface area contributed by atoms with Crippen LogP contribution in [-0.4, -0.2) is 19.0 Å². The first-order valence-corrected chi connectivity index (χ1v) is 7.89. The number of aliphatic imine (C=N–C) groups is 1. The van der Waals surface area contributed by atoms with Crippen molar-refractivity contribution in [2.24, 2.45) is 4.99 Å². The molecular formula is C21H15NO3. The van der Waals surface area contributed by atoms with Crippen molar-refractivity contribution >= 4 is 28.7 Å². The molecule has 0 N–H and O–H groups in total. The van der Waals surface area contributed by atoms with E-state index in [0.717, 1.165) is 27.6 Å². The van der Waals surface area contributed by atoms with Gasteiger partial charge in [0.2, 0.25) is 5.90 Å².